The number of fused-ring (bicyclic) bond motifs is 3. The first-order valence-corrected chi connectivity index (χ1v) is 15.3. The van der Waals surface area contributed by atoms with Crippen molar-refractivity contribution in [2.45, 2.75) is 30.2 Å². The Bertz CT molecular complexity index is 1740. The number of anilines is 2. The molecule has 0 unspecified atom stereocenters. The van der Waals surface area contributed by atoms with E-state index in [1.165, 1.54) is 29.5 Å². The minimum atomic E-state index is -4.01. The Kier molecular flexibility index (Phi) is 7.58. The molecule has 0 fully saturated rings. The Morgan fingerprint density at radius 2 is 1.79 bits per heavy atom. The molecule has 6 rings (SSSR count). The summed E-state index contributed by atoms with van der Waals surface area (Å²) in [6, 6.07) is 28.2. The predicted octanol–water partition coefficient (Wildman–Crippen LogP) is 5.64. The van der Waals surface area contributed by atoms with Crippen molar-refractivity contribution < 1.29 is 13.2 Å². The Morgan fingerprint density at radius 3 is 2.52 bits per heavy atom. The van der Waals surface area contributed by atoms with Crippen LogP contribution in [0.3, 0.4) is 0 Å². The minimum Gasteiger partial charge on any atom is -0.378 e. The molecule has 1 amide bonds. The molecule has 0 bridgehead atoms. The number of hydrogen-bond donors (Lipinski definition) is 2. The summed E-state index contributed by atoms with van der Waals surface area (Å²) in [6.07, 6.45) is 8.51. The van der Waals surface area contributed by atoms with Crippen molar-refractivity contribution in [1.82, 2.24) is 10.4 Å². The Labute approximate surface area is 245 Å². The number of amides is 1. The zero-order chi connectivity index (χ0) is 29.1. The number of nitrogens with one attached hydrogen (secondary N) is 2. The second kappa shape index (κ2) is 11.6. The molecule has 9 heteroatoms. The molecule has 0 radical (unpaired) electrons. The number of aromatic nitrogens is 1. The van der Waals surface area contributed by atoms with E-state index in [1.54, 1.807) is 36.5 Å². The van der Waals surface area contributed by atoms with E-state index in [0.29, 0.717) is 11.6 Å². The highest BCUT2D eigenvalue weighted by Crippen LogP contribution is 2.49. The van der Waals surface area contributed by atoms with Crippen LogP contribution in [-0.4, -0.2) is 31.6 Å². The molecular weight excluding hydrogens is 546 g/mol. The first-order valence-electron chi connectivity index (χ1n) is 13.9. The quantitative estimate of drug-likeness (QED) is 0.160. The van der Waals surface area contributed by atoms with Crippen molar-refractivity contribution in [2.24, 2.45) is 11.0 Å². The fourth-order valence-electron chi connectivity index (χ4n) is 5.72. The Morgan fingerprint density at radius 1 is 1.02 bits per heavy atom. The van der Waals surface area contributed by atoms with Gasteiger partial charge in [0.1, 0.15) is 6.54 Å². The van der Waals surface area contributed by atoms with Crippen LogP contribution in [0.15, 0.2) is 126 Å². The number of hydrazone groups is 1. The van der Waals surface area contributed by atoms with Gasteiger partial charge in [0, 0.05) is 17.8 Å². The lowest BCUT2D eigenvalue weighted by molar-refractivity contribution is -0.119. The summed E-state index contributed by atoms with van der Waals surface area (Å²) in [5.41, 5.74) is 7.92. The molecule has 212 valence electrons. The third-order valence-electron chi connectivity index (χ3n) is 7.84. The zero-order valence-electron chi connectivity index (χ0n) is 23.1. The van der Waals surface area contributed by atoms with E-state index in [4.69, 9.17) is 0 Å². The number of benzene rings is 3. The van der Waals surface area contributed by atoms with Crippen LogP contribution < -0.4 is 15.0 Å². The lowest BCUT2D eigenvalue weighted by Gasteiger charge is -2.37. The van der Waals surface area contributed by atoms with Crippen LogP contribution in [0.2, 0.25) is 0 Å². The van der Waals surface area contributed by atoms with Gasteiger partial charge in [-0.25, -0.2) is 13.8 Å². The topological polar surface area (TPSA) is 104 Å². The molecule has 1 aromatic heterocycles. The summed E-state index contributed by atoms with van der Waals surface area (Å²) < 4.78 is 27.9. The van der Waals surface area contributed by atoms with Gasteiger partial charge in [0.05, 0.1) is 28.5 Å². The van der Waals surface area contributed by atoms with Crippen LogP contribution >= 0.6 is 0 Å². The average molecular weight is 578 g/mol. The maximum Gasteiger partial charge on any atom is 0.264 e. The van der Waals surface area contributed by atoms with E-state index in [-0.39, 0.29) is 22.5 Å². The van der Waals surface area contributed by atoms with Crippen molar-refractivity contribution in [1.29, 1.82) is 0 Å². The molecule has 42 heavy (non-hydrogen) atoms. The number of pyridine rings is 1. The predicted molar refractivity (Wildman–Crippen MR) is 165 cm³/mol. The van der Waals surface area contributed by atoms with Gasteiger partial charge < -0.3 is 5.32 Å². The summed E-state index contributed by atoms with van der Waals surface area (Å²) in [7, 11) is -4.01. The van der Waals surface area contributed by atoms with Crippen molar-refractivity contribution in [3.63, 3.8) is 0 Å². The van der Waals surface area contributed by atoms with Gasteiger partial charge in [0.25, 0.3) is 15.9 Å². The van der Waals surface area contributed by atoms with Gasteiger partial charge in [0.15, 0.2) is 0 Å². The summed E-state index contributed by atoms with van der Waals surface area (Å²) in [5.74, 6) is 0.129. The molecule has 8 nitrogen and oxygen atoms in total. The van der Waals surface area contributed by atoms with Crippen LogP contribution in [0.5, 0.6) is 0 Å². The molecule has 1 aliphatic heterocycles. The normalized spacial score (nSPS) is 19.4. The van der Waals surface area contributed by atoms with Crippen LogP contribution in [0.4, 0.5) is 11.4 Å². The molecule has 2 aliphatic rings. The third-order valence-corrected chi connectivity index (χ3v) is 9.63. The van der Waals surface area contributed by atoms with Crippen molar-refractivity contribution >= 4 is 33.0 Å². The maximum atomic E-state index is 13.4. The molecule has 1 aliphatic carbocycles. The monoisotopic (exact) mass is 577 g/mol. The van der Waals surface area contributed by atoms with E-state index in [9.17, 15) is 13.2 Å². The SMILES string of the molecule is C/C(=N/NC(=O)CN(c1cccnc1)S(=O)(=O)c1ccccc1)c1ccc2c(c1)[C@@H]1C=CC[C@H]1[C@H](c1ccccc1)N2. The lowest BCUT2D eigenvalue weighted by atomic mass is 9.76. The molecule has 3 atom stereocenters. The van der Waals surface area contributed by atoms with Gasteiger partial charge in [-0.3, -0.25) is 14.1 Å². The fraction of sp³-hybridized carbons (Fsp3) is 0.182. The number of nitrogens with zero attached hydrogens (tertiary/aromatic N) is 3. The second-order valence-electron chi connectivity index (χ2n) is 10.5. The van der Waals surface area contributed by atoms with Crippen molar-refractivity contribution in [3.8, 4) is 0 Å². The highest BCUT2D eigenvalue weighted by molar-refractivity contribution is 7.92. The first kappa shape index (κ1) is 27.4. The number of sulfonamides is 1. The van der Waals surface area contributed by atoms with Gasteiger partial charge in [0.2, 0.25) is 0 Å². The van der Waals surface area contributed by atoms with E-state index >= 15 is 0 Å². The van der Waals surface area contributed by atoms with E-state index in [1.807, 2.05) is 19.1 Å². The minimum absolute atomic E-state index is 0.0813. The first-order chi connectivity index (χ1) is 20.4. The number of hydrogen-bond acceptors (Lipinski definition) is 6. The molecule has 2 heterocycles. The number of rotatable bonds is 8. The summed E-state index contributed by atoms with van der Waals surface area (Å²) in [6.45, 7) is 1.37. The molecule has 4 aromatic rings. The highest BCUT2D eigenvalue weighted by Gasteiger charge is 2.38. The van der Waals surface area contributed by atoms with E-state index in [0.717, 1.165) is 22.0 Å². The smallest absolute Gasteiger partial charge is 0.264 e. The standard InChI is InChI=1S/C33H31N5O3S/c1-23(25-17-18-31-30(20-25)28-15-8-16-29(28)33(35-31)24-10-4-2-5-11-24)36-37-32(39)22-38(26-12-9-19-34-21-26)42(40,41)27-13-6-3-7-14-27/h2-15,17-21,28-29,33,35H,16,22H2,1H3,(H,37,39)/b36-23-/t28-,29-,33+/m1/s1. The lowest BCUT2D eigenvalue weighted by Crippen LogP contribution is -2.39. The number of carbonyl (C=O) groups is 1. The second-order valence-corrected chi connectivity index (χ2v) is 12.3. The van der Waals surface area contributed by atoms with Crippen molar-refractivity contribution in [2.75, 3.05) is 16.2 Å². The highest BCUT2D eigenvalue weighted by atomic mass is 32.2. The number of carbonyl (C=O) groups excluding carboxylic acids is 1. The van der Waals surface area contributed by atoms with Gasteiger partial charge in [-0.2, -0.15) is 5.10 Å². The Balaban J connectivity index is 1.21. The van der Waals surface area contributed by atoms with Crippen LogP contribution in [0.25, 0.3) is 0 Å². The summed E-state index contributed by atoms with van der Waals surface area (Å²) >= 11 is 0. The molecule has 3 aromatic carbocycles. The summed E-state index contributed by atoms with van der Waals surface area (Å²) in [4.78, 5) is 17.1. The fourth-order valence-corrected chi connectivity index (χ4v) is 7.15. The van der Waals surface area contributed by atoms with Gasteiger partial charge in [-0.15, -0.1) is 0 Å². The van der Waals surface area contributed by atoms with Crippen molar-refractivity contribution in [3.05, 3.63) is 132 Å². The maximum absolute atomic E-state index is 13.4. The largest absolute Gasteiger partial charge is 0.378 e. The summed E-state index contributed by atoms with van der Waals surface area (Å²) in [5, 5.41) is 8.08. The van der Waals surface area contributed by atoms with E-state index in [2.05, 4.69) is 69.4 Å². The molecule has 0 saturated carbocycles. The Hall–Kier alpha value is -4.76. The molecule has 2 N–H and O–H groups in total. The van der Waals surface area contributed by atoms with Crippen LogP contribution in [0.1, 0.15) is 42.0 Å². The zero-order valence-corrected chi connectivity index (χ0v) is 23.9. The molecule has 0 saturated heterocycles. The van der Waals surface area contributed by atoms with Gasteiger partial charge in [-0.05, 0) is 72.4 Å². The average Bonchev–Trinajstić information content (AvgIpc) is 3.54. The van der Waals surface area contributed by atoms with Crippen LogP contribution in [0, 0.1) is 5.92 Å². The van der Waals surface area contributed by atoms with Gasteiger partial charge >= 0.3 is 0 Å². The van der Waals surface area contributed by atoms with Crippen LogP contribution in [-0.2, 0) is 14.8 Å². The van der Waals surface area contributed by atoms with E-state index < -0.39 is 22.5 Å². The molecule has 0 spiro atoms. The van der Waals surface area contributed by atoms with Gasteiger partial charge in [-0.1, -0.05) is 66.7 Å². The third kappa shape index (κ3) is 5.43. The number of allylic oxidation sites excluding steroid dienone is 2. The molecular formula is C33H31N5O3S.